The van der Waals surface area contributed by atoms with Gasteiger partial charge in [-0.2, -0.15) is 4.98 Å². The highest BCUT2D eigenvalue weighted by Crippen LogP contribution is 2.20. The lowest BCUT2D eigenvalue weighted by Crippen LogP contribution is -2.46. The van der Waals surface area contributed by atoms with E-state index < -0.39 is 6.17 Å². The van der Waals surface area contributed by atoms with Crippen LogP contribution in [0.4, 0.5) is 16.2 Å². The molecule has 2 N–H and O–H groups in total. The topological polar surface area (TPSA) is 64.3 Å². The third-order valence-electron chi connectivity index (χ3n) is 2.73. The summed E-state index contributed by atoms with van der Waals surface area (Å²) in [6.45, 7) is 0.935. The molecular weight excluding hydrogens is 211 g/mol. The first-order valence-corrected chi connectivity index (χ1v) is 5.21. The van der Waals surface area contributed by atoms with Gasteiger partial charge in [-0.15, -0.1) is 0 Å². The Morgan fingerprint density at radius 2 is 2.44 bits per heavy atom. The van der Waals surface area contributed by atoms with Gasteiger partial charge in [-0.05, 0) is 12.5 Å². The highest BCUT2D eigenvalue weighted by atomic mass is 19.1. The molecule has 1 aliphatic rings. The van der Waals surface area contributed by atoms with Crippen molar-refractivity contribution in [2.45, 2.75) is 18.7 Å². The fourth-order valence-corrected chi connectivity index (χ4v) is 1.84. The molecule has 16 heavy (non-hydrogen) atoms. The number of ether oxygens (including phenoxy) is 1. The Kier molecular flexibility index (Phi) is 3.19. The van der Waals surface area contributed by atoms with Gasteiger partial charge in [0.1, 0.15) is 12.0 Å². The molecule has 1 aromatic rings. The molecule has 1 aliphatic heterocycles. The van der Waals surface area contributed by atoms with E-state index in [1.807, 2.05) is 0 Å². The van der Waals surface area contributed by atoms with E-state index in [1.54, 1.807) is 17.2 Å². The minimum absolute atomic E-state index is 0.252. The maximum atomic E-state index is 13.6. The number of alkyl halides is 1. The molecule has 6 heteroatoms. The van der Waals surface area contributed by atoms with Gasteiger partial charge in [0.15, 0.2) is 0 Å². The van der Waals surface area contributed by atoms with Crippen molar-refractivity contribution in [1.29, 1.82) is 0 Å². The van der Waals surface area contributed by atoms with Crippen LogP contribution >= 0.6 is 0 Å². The second kappa shape index (κ2) is 4.61. The summed E-state index contributed by atoms with van der Waals surface area (Å²) in [4.78, 5) is 9.93. The van der Waals surface area contributed by atoms with Crippen molar-refractivity contribution in [3.05, 3.63) is 12.3 Å². The molecule has 0 bridgehead atoms. The zero-order chi connectivity index (χ0) is 11.5. The summed E-state index contributed by atoms with van der Waals surface area (Å²) in [6, 6.07) is 1.61. The van der Waals surface area contributed by atoms with Gasteiger partial charge in [-0.3, -0.25) is 0 Å². The molecule has 88 valence electrons. The lowest BCUT2D eigenvalue weighted by molar-refractivity contribution is 0.0194. The fourth-order valence-electron chi connectivity index (χ4n) is 1.84. The van der Waals surface area contributed by atoms with E-state index in [0.717, 1.165) is 0 Å². The minimum atomic E-state index is -1.01. The molecular formula is C10H15FN4O. The number of hydrogen-bond donors (Lipinski definition) is 1. The molecule has 0 saturated carbocycles. The average Bonchev–Trinajstić information content (AvgIpc) is 2.29. The van der Waals surface area contributed by atoms with Crippen LogP contribution in [0.2, 0.25) is 0 Å². The van der Waals surface area contributed by atoms with Gasteiger partial charge in [0.25, 0.3) is 0 Å². The zero-order valence-corrected chi connectivity index (χ0v) is 9.14. The molecule has 0 spiro atoms. The van der Waals surface area contributed by atoms with Crippen molar-refractivity contribution in [2.75, 3.05) is 30.8 Å². The smallest absolute Gasteiger partial charge is 0.227 e. The van der Waals surface area contributed by atoms with E-state index in [2.05, 4.69) is 9.97 Å². The average molecular weight is 226 g/mol. The van der Waals surface area contributed by atoms with E-state index in [4.69, 9.17) is 10.5 Å². The molecule has 2 unspecified atom stereocenters. The Labute approximate surface area is 93.4 Å². The SMILES string of the molecule is COC1CCN(c2nccc(N)n2)CC1F. The lowest BCUT2D eigenvalue weighted by Gasteiger charge is -2.33. The van der Waals surface area contributed by atoms with E-state index in [-0.39, 0.29) is 12.6 Å². The van der Waals surface area contributed by atoms with Gasteiger partial charge in [-0.25, -0.2) is 9.37 Å². The Balaban J connectivity index is 2.07. The fraction of sp³-hybridized carbons (Fsp3) is 0.600. The van der Waals surface area contributed by atoms with Gasteiger partial charge in [0.2, 0.25) is 5.95 Å². The number of methoxy groups -OCH3 is 1. The number of anilines is 2. The van der Waals surface area contributed by atoms with Gasteiger partial charge in [0, 0.05) is 19.9 Å². The molecule has 0 amide bonds. The maximum Gasteiger partial charge on any atom is 0.227 e. The van der Waals surface area contributed by atoms with Crippen LogP contribution in [0.15, 0.2) is 12.3 Å². The van der Waals surface area contributed by atoms with E-state index >= 15 is 0 Å². The summed E-state index contributed by atoms with van der Waals surface area (Å²) in [5, 5.41) is 0. The lowest BCUT2D eigenvalue weighted by atomic mass is 10.1. The zero-order valence-electron chi connectivity index (χ0n) is 9.14. The van der Waals surface area contributed by atoms with Crippen molar-refractivity contribution < 1.29 is 9.13 Å². The molecule has 1 fully saturated rings. The van der Waals surface area contributed by atoms with Crippen LogP contribution in [0.1, 0.15) is 6.42 Å². The first-order valence-electron chi connectivity index (χ1n) is 5.21. The molecule has 0 aliphatic carbocycles. The van der Waals surface area contributed by atoms with Crippen LogP contribution in [0.25, 0.3) is 0 Å². The number of hydrogen-bond acceptors (Lipinski definition) is 5. The summed E-state index contributed by atoms with van der Waals surface area (Å²) in [6.07, 6.45) is 0.879. The van der Waals surface area contributed by atoms with Crippen molar-refractivity contribution in [1.82, 2.24) is 9.97 Å². The third kappa shape index (κ3) is 2.21. The molecule has 1 aromatic heterocycles. The van der Waals surface area contributed by atoms with Crippen LogP contribution in [-0.2, 0) is 4.74 Å². The maximum absolute atomic E-state index is 13.6. The normalized spacial score (nSPS) is 25.8. The van der Waals surface area contributed by atoms with E-state index in [9.17, 15) is 4.39 Å². The predicted molar refractivity (Wildman–Crippen MR) is 59.0 cm³/mol. The second-order valence-corrected chi connectivity index (χ2v) is 3.81. The molecule has 0 radical (unpaired) electrons. The van der Waals surface area contributed by atoms with Crippen LogP contribution in [0.5, 0.6) is 0 Å². The van der Waals surface area contributed by atoms with Crippen LogP contribution < -0.4 is 10.6 Å². The second-order valence-electron chi connectivity index (χ2n) is 3.81. The Morgan fingerprint density at radius 3 is 3.06 bits per heavy atom. The molecule has 2 heterocycles. The molecule has 0 aromatic carbocycles. The summed E-state index contributed by atoms with van der Waals surface area (Å²) in [5.41, 5.74) is 5.56. The predicted octanol–water partition coefficient (Wildman–Crippen LogP) is 0.622. The van der Waals surface area contributed by atoms with E-state index in [0.29, 0.717) is 24.7 Å². The van der Waals surface area contributed by atoms with Crippen LogP contribution in [-0.4, -0.2) is 42.4 Å². The molecule has 1 saturated heterocycles. The number of piperidine rings is 1. The summed E-state index contributed by atoms with van der Waals surface area (Å²) < 4.78 is 18.7. The number of nitrogens with zero attached hydrogens (tertiary/aromatic N) is 3. The summed E-state index contributed by atoms with van der Waals surface area (Å²) in [5.74, 6) is 0.881. The Morgan fingerprint density at radius 1 is 1.62 bits per heavy atom. The monoisotopic (exact) mass is 226 g/mol. The first-order chi connectivity index (χ1) is 7.70. The van der Waals surface area contributed by atoms with Gasteiger partial charge in [-0.1, -0.05) is 0 Å². The van der Waals surface area contributed by atoms with Crippen molar-refractivity contribution in [2.24, 2.45) is 0 Å². The standard InChI is InChI=1S/C10H15FN4O/c1-16-8-3-5-15(6-7(8)11)10-13-4-2-9(12)14-10/h2,4,7-8H,3,5-6H2,1H3,(H2,12,13,14). The van der Waals surface area contributed by atoms with Gasteiger partial charge in [0.05, 0.1) is 12.6 Å². The highest BCUT2D eigenvalue weighted by molar-refractivity contribution is 5.38. The van der Waals surface area contributed by atoms with Gasteiger partial charge >= 0.3 is 0 Å². The molecule has 5 nitrogen and oxygen atoms in total. The minimum Gasteiger partial charge on any atom is -0.384 e. The van der Waals surface area contributed by atoms with Crippen molar-refractivity contribution >= 4 is 11.8 Å². The van der Waals surface area contributed by atoms with Crippen LogP contribution in [0.3, 0.4) is 0 Å². The molecule has 2 atom stereocenters. The van der Waals surface area contributed by atoms with Gasteiger partial charge < -0.3 is 15.4 Å². The number of rotatable bonds is 2. The number of nitrogen functional groups attached to an aromatic ring is 1. The van der Waals surface area contributed by atoms with E-state index in [1.165, 1.54) is 7.11 Å². The summed E-state index contributed by atoms with van der Waals surface area (Å²) in [7, 11) is 1.53. The van der Waals surface area contributed by atoms with Crippen molar-refractivity contribution in [3.63, 3.8) is 0 Å². The van der Waals surface area contributed by atoms with Crippen LogP contribution in [0, 0.1) is 0 Å². The highest BCUT2D eigenvalue weighted by Gasteiger charge is 2.30. The number of aromatic nitrogens is 2. The van der Waals surface area contributed by atoms with Crippen molar-refractivity contribution in [3.8, 4) is 0 Å². The number of halogens is 1. The number of nitrogens with two attached hydrogens (primary N) is 1. The first kappa shape index (κ1) is 11.1. The molecule has 2 rings (SSSR count). The quantitative estimate of drug-likeness (QED) is 0.801. The third-order valence-corrected chi connectivity index (χ3v) is 2.73. The summed E-state index contributed by atoms with van der Waals surface area (Å²) >= 11 is 0. The Hall–Kier alpha value is -1.43. The Bertz CT molecular complexity index is 362. The largest absolute Gasteiger partial charge is 0.384 e.